The minimum absolute atomic E-state index is 0.0161. The van der Waals surface area contributed by atoms with E-state index in [4.69, 9.17) is 23.2 Å². The zero-order valence-corrected chi connectivity index (χ0v) is 16.5. The number of aromatic nitrogens is 3. The molecule has 0 radical (unpaired) electrons. The van der Waals surface area contributed by atoms with E-state index < -0.39 is 23.6 Å². The fourth-order valence-corrected chi connectivity index (χ4v) is 3.51. The van der Waals surface area contributed by atoms with Crippen LogP contribution in [0.25, 0.3) is 5.69 Å². The van der Waals surface area contributed by atoms with Gasteiger partial charge in [0.05, 0.1) is 15.6 Å². The average molecular weight is 459 g/mol. The number of rotatable bonds is 4. The summed E-state index contributed by atoms with van der Waals surface area (Å²) in [6, 6.07) is 4.53. The van der Waals surface area contributed by atoms with Crippen molar-refractivity contribution < 1.29 is 22.4 Å². The normalized spacial score (nSPS) is 14.1. The van der Waals surface area contributed by atoms with Crippen LogP contribution in [-0.2, 0) is 6.18 Å². The Labute approximate surface area is 177 Å². The standard InChI is InChI=1S/C19H12Cl2F4N4O/c20-11-7-26-8-12(21)17(11)18(30)27-10-3-4-14(13(22)5-10)29-15(9-1-2-9)6-16(28-29)19(23,24)25/h3-9H,1-2H2,(H,27,30). The van der Waals surface area contributed by atoms with Crippen molar-refractivity contribution >= 4 is 34.8 Å². The lowest BCUT2D eigenvalue weighted by atomic mass is 10.2. The van der Waals surface area contributed by atoms with Gasteiger partial charge in [-0.3, -0.25) is 9.78 Å². The van der Waals surface area contributed by atoms with Crippen molar-refractivity contribution in [3.8, 4) is 5.69 Å². The maximum absolute atomic E-state index is 14.8. The Balaban J connectivity index is 1.65. The highest BCUT2D eigenvalue weighted by molar-refractivity contribution is 6.40. The number of benzene rings is 1. The van der Waals surface area contributed by atoms with Gasteiger partial charge in [-0.05, 0) is 37.1 Å². The molecule has 1 aliphatic rings. The van der Waals surface area contributed by atoms with Gasteiger partial charge in [-0.25, -0.2) is 9.07 Å². The minimum Gasteiger partial charge on any atom is -0.322 e. The second-order valence-corrected chi connectivity index (χ2v) is 7.55. The molecule has 0 spiro atoms. The number of alkyl halides is 3. The number of halogens is 6. The first-order valence-corrected chi connectivity index (χ1v) is 9.48. The number of amides is 1. The molecule has 5 nitrogen and oxygen atoms in total. The van der Waals surface area contributed by atoms with Crippen LogP contribution in [0.15, 0.2) is 36.7 Å². The SMILES string of the molecule is O=C(Nc1ccc(-n2nc(C(F)(F)F)cc2C2CC2)c(F)c1)c1c(Cl)cncc1Cl. The van der Waals surface area contributed by atoms with Gasteiger partial charge >= 0.3 is 6.18 Å². The Morgan fingerprint density at radius 3 is 2.37 bits per heavy atom. The number of pyridine rings is 1. The predicted molar refractivity (Wildman–Crippen MR) is 103 cm³/mol. The monoisotopic (exact) mass is 458 g/mol. The van der Waals surface area contributed by atoms with Crippen molar-refractivity contribution in [3.05, 3.63) is 69.5 Å². The van der Waals surface area contributed by atoms with Crippen LogP contribution in [0, 0.1) is 5.82 Å². The highest BCUT2D eigenvalue weighted by Crippen LogP contribution is 2.43. The molecular formula is C19H12Cl2F4N4O. The maximum atomic E-state index is 14.8. The first-order chi connectivity index (χ1) is 14.1. The van der Waals surface area contributed by atoms with Crippen LogP contribution in [0.2, 0.25) is 10.0 Å². The Morgan fingerprint density at radius 1 is 1.13 bits per heavy atom. The summed E-state index contributed by atoms with van der Waals surface area (Å²) in [5.41, 5.74) is -0.890. The highest BCUT2D eigenvalue weighted by Gasteiger charge is 2.38. The average Bonchev–Trinajstić information content (AvgIpc) is 3.39. The minimum atomic E-state index is -4.64. The third kappa shape index (κ3) is 3.99. The number of hydrogen-bond acceptors (Lipinski definition) is 3. The van der Waals surface area contributed by atoms with Crippen LogP contribution in [-0.4, -0.2) is 20.7 Å². The summed E-state index contributed by atoms with van der Waals surface area (Å²) in [6.45, 7) is 0. The smallest absolute Gasteiger partial charge is 0.322 e. The van der Waals surface area contributed by atoms with Crippen molar-refractivity contribution in [3.63, 3.8) is 0 Å². The summed E-state index contributed by atoms with van der Waals surface area (Å²) in [4.78, 5) is 16.2. The number of carbonyl (C=O) groups is 1. The summed E-state index contributed by atoms with van der Waals surface area (Å²) in [5, 5.41) is 6.04. The number of hydrogen-bond donors (Lipinski definition) is 1. The van der Waals surface area contributed by atoms with Gasteiger partial charge in [-0.1, -0.05) is 23.2 Å². The molecule has 4 rings (SSSR count). The van der Waals surface area contributed by atoms with E-state index in [1.54, 1.807) is 0 Å². The zero-order valence-electron chi connectivity index (χ0n) is 15.0. The molecule has 0 bridgehead atoms. The summed E-state index contributed by atoms with van der Waals surface area (Å²) >= 11 is 11.9. The first kappa shape index (κ1) is 20.6. The van der Waals surface area contributed by atoms with Crippen LogP contribution >= 0.6 is 23.2 Å². The van der Waals surface area contributed by atoms with E-state index in [1.807, 2.05) is 0 Å². The maximum Gasteiger partial charge on any atom is 0.435 e. The lowest BCUT2D eigenvalue weighted by Gasteiger charge is -2.11. The van der Waals surface area contributed by atoms with Crippen LogP contribution in [0.1, 0.15) is 40.5 Å². The Kier molecular flexibility index (Phi) is 5.19. The molecule has 156 valence electrons. The lowest BCUT2D eigenvalue weighted by molar-refractivity contribution is -0.141. The highest BCUT2D eigenvalue weighted by atomic mass is 35.5. The van der Waals surface area contributed by atoms with E-state index in [2.05, 4.69) is 15.4 Å². The number of nitrogens with one attached hydrogen (secondary N) is 1. The predicted octanol–water partition coefficient (Wildman–Crippen LogP) is 5.86. The van der Waals surface area contributed by atoms with Crippen molar-refractivity contribution in [2.45, 2.75) is 24.9 Å². The molecule has 3 aromatic rings. The second-order valence-electron chi connectivity index (χ2n) is 6.74. The molecule has 0 atom stereocenters. The molecule has 1 N–H and O–H groups in total. The van der Waals surface area contributed by atoms with Gasteiger partial charge in [0.1, 0.15) is 5.69 Å². The van der Waals surface area contributed by atoms with E-state index in [9.17, 15) is 22.4 Å². The summed E-state index contributed by atoms with van der Waals surface area (Å²) in [6.07, 6.45) is -0.733. The molecule has 2 aromatic heterocycles. The number of carbonyl (C=O) groups excluding carboxylic acids is 1. The van der Waals surface area contributed by atoms with E-state index >= 15 is 0 Å². The molecule has 0 aliphatic heterocycles. The van der Waals surface area contributed by atoms with E-state index in [1.165, 1.54) is 24.5 Å². The molecule has 1 fully saturated rings. The van der Waals surface area contributed by atoms with Crippen molar-refractivity contribution in [2.24, 2.45) is 0 Å². The van der Waals surface area contributed by atoms with Crippen LogP contribution in [0.4, 0.5) is 23.2 Å². The third-order valence-electron chi connectivity index (χ3n) is 4.54. The van der Waals surface area contributed by atoms with E-state index in [0.717, 1.165) is 16.8 Å². The van der Waals surface area contributed by atoms with Crippen molar-refractivity contribution in [2.75, 3.05) is 5.32 Å². The fraction of sp³-hybridized carbons (Fsp3) is 0.211. The third-order valence-corrected chi connectivity index (χ3v) is 5.11. The van der Waals surface area contributed by atoms with Gasteiger partial charge in [0.25, 0.3) is 5.91 Å². The first-order valence-electron chi connectivity index (χ1n) is 8.72. The molecule has 1 aliphatic carbocycles. The summed E-state index contributed by atoms with van der Waals surface area (Å²) < 4.78 is 54.9. The van der Waals surface area contributed by atoms with Crippen LogP contribution < -0.4 is 5.32 Å². The van der Waals surface area contributed by atoms with E-state index in [-0.39, 0.29) is 32.9 Å². The van der Waals surface area contributed by atoms with Crippen LogP contribution in [0.3, 0.4) is 0 Å². The molecule has 1 aromatic carbocycles. The largest absolute Gasteiger partial charge is 0.435 e. The van der Waals surface area contributed by atoms with Crippen molar-refractivity contribution in [1.82, 2.24) is 14.8 Å². The summed E-state index contributed by atoms with van der Waals surface area (Å²) in [5.74, 6) is -1.63. The van der Waals surface area contributed by atoms with Crippen molar-refractivity contribution in [1.29, 1.82) is 0 Å². The molecule has 1 amide bonds. The molecule has 2 heterocycles. The summed E-state index contributed by atoms with van der Waals surface area (Å²) in [7, 11) is 0. The van der Waals surface area contributed by atoms with Gasteiger partial charge in [-0.15, -0.1) is 0 Å². The second kappa shape index (κ2) is 7.55. The Morgan fingerprint density at radius 2 is 1.80 bits per heavy atom. The van der Waals surface area contributed by atoms with Gasteiger partial charge in [0.2, 0.25) is 0 Å². The van der Waals surface area contributed by atoms with Gasteiger partial charge < -0.3 is 5.32 Å². The molecular weight excluding hydrogens is 447 g/mol. The molecule has 11 heteroatoms. The quantitative estimate of drug-likeness (QED) is 0.498. The molecule has 0 unspecified atom stereocenters. The van der Waals surface area contributed by atoms with Gasteiger partial charge in [0, 0.05) is 29.7 Å². The number of nitrogens with zero attached hydrogens (tertiary/aromatic N) is 3. The van der Waals surface area contributed by atoms with Crippen LogP contribution in [0.5, 0.6) is 0 Å². The number of anilines is 1. The molecule has 1 saturated carbocycles. The Bertz CT molecular complexity index is 1120. The van der Waals surface area contributed by atoms with Gasteiger partial charge in [-0.2, -0.15) is 18.3 Å². The van der Waals surface area contributed by atoms with E-state index in [0.29, 0.717) is 18.5 Å². The molecule has 0 saturated heterocycles. The lowest BCUT2D eigenvalue weighted by Crippen LogP contribution is -2.14. The Hall–Kier alpha value is -2.65. The zero-order chi connectivity index (χ0) is 21.6. The molecule has 30 heavy (non-hydrogen) atoms. The fourth-order valence-electron chi connectivity index (χ4n) is 2.98. The topological polar surface area (TPSA) is 59.8 Å². The van der Waals surface area contributed by atoms with Gasteiger partial charge in [0.15, 0.2) is 11.5 Å².